The lowest BCUT2D eigenvalue weighted by atomic mass is 10.1. The van der Waals surface area contributed by atoms with Gasteiger partial charge in [0, 0.05) is 12.8 Å². The number of hydrogen-bond acceptors (Lipinski definition) is 13. The summed E-state index contributed by atoms with van der Waals surface area (Å²) in [4.78, 5) is 52.8. The van der Waals surface area contributed by atoms with Gasteiger partial charge in [-0.3, -0.25) is 23.2 Å². The van der Waals surface area contributed by atoms with Gasteiger partial charge in [0.05, 0.1) is 38.1 Å². The van der Waals surface area contributed by atoms with E-state index >= 15 is 0 Å². The van der Waals surface area contributed by atoms with Crippen LogP contribution in [0.1, 0.15) is 136 Å². The number of unbranched alkanes of at least 4 members (excludes halogenated alkanes) is 10. The van der Waals surface area contributed by atoms with Crippen LogP contribution < -0.4 is 0 Å². The Morgan fingerprint density at radius 3 is 1.78 bits per heavy atom. The van der Waals surface area contributed by atoms with Crippen LogP contribution in [0.15, 0.2) is 85.1 Å². The normalized spacial score (nSPS) is 16.2. The van der Waals surface area contributed by atoms with E-state index < -0.39 is 84.5 Å². The smallest absolute Gasteiger partial charge is 0.462 e. The summed E-state index contributed by atoms with van der Waals surface area (Å²) in [5.74, 6) is -1.38. The van der Waals surface area contributed by atoms with Crippen molar-refractivity contribution in [3.63, 3.8) is 0 Å². The molecule has 0 radical (unpaired) electrons. The number of phosphoric ester groups is 2. The Hall–Kier alpha value is -2.82. The Kier molecular flexibility index (Phi) is 38.7. The minimum Gasteiger partial charge on any atom is -0.462 e. The van der Waals surface area contributed by atoms with Crippen LogP contribution in [0.25, 0.3) is 0 Å². The predicted octanol–water partition coefficient (Wildman–Crippen LogP) is 8.47. The zero-order chi connectivity index (χ0) is 47.7. The second-order valence-corrected chi connectivity index (χ2v) is 17.8. The predicted molar refractivity (Wildman–Crippen MR) is 248 cm³/mol. The highest BCUT2D eigenvalue weighted by Crippen LogP contribution is 2.43. The molecule has 64 heavy (non-hydrogen) atoms. The fourth-order valence-electron chi connectivity index (χ4n) is 5.54. The van der Waals surface area contributed by atoms with Crippen molar-refractivity contribution in [2.75, 3.05) is 26.4 Å². The molecular weight excluding hydrogens is 870 g/mol. The van der Waals surface area contributed by atoms with E-state index in [1.165, 1.54) is 25.3 Å². The number of esters is 2. The van der Waals surface area contributed by atoms with Crippen LogP contribution in [0.4, 0.5) is 0 Å². The molecule has 6 atom stereocenters. The van der Waals surface area contributed by atoms with Gasteiger partial charge in [0.25, 0.3) is 0 Å². The molecule has 16 nitrogen and oxygen atoms in total. The van der Waals surface area contributed by atoms with E-state index in [1.54, 1.807) is 42.5 Å². The maximum Gasteiger partial charge on any atom is 0.472 e. The molecule has 18 heteroatoms. The van der Waals surface area contributed by atoms with Crippen LogP contribution >= 0.6 is 15.6 Å². The SMILES string of the molecule is CC/C=C\C[C@H](O)/C=C/C=C/C=C\C=C/[C@@H](O)[C@H](O)CCCC(=O)O[C@H](COC(=O)CCCCCCCCC/C=C\C/C=C\CCCCC)COP(=O)(O)OC[C@@H](O)COP(=O)(O)O. The number of hydrogen-bond donors (Lipinski definition) is 7. The van der Waals surface area contributed by atoms with Crippen LogP contribution in [0.3, 0.4) is 0 Å². The van der Waals surface area contributed by atoms with Crippen molar-refractivity contribution in [3.05, 3.63) is 85.1 Å². The largest absolute Gasteiger partial charge is 0.472 e. The van der Waals surface area contributed by atoms with Crippen LogP contribution in [-0.2, 0) is 41.8 Å². The molecule has 1 unspecified atom stereocenters. The lowest BCUT2D eigenvalue weighted by Gasteiger charge is -2.21. The molecule has 0 aromatic rings. The van der Waals surface area contributed by atoms with Gasteiger partial charge < -0.3 is 44.6 Å². The summed E-state index contributed by atoms with van der Waals surface area (Å²) >= 11 is 0. The van der Waals surface area contributed by atoms with E-state index in [0.29, 0.717) is 12.8 Å². The average molecular weight is 949 g/mol. The van der Waals surface area contributed by atoms with Gasteiger partial charge in [-0.2, -0.15) is 0 Å². The third kappa shape index (κ3) is 41.9. The first-order valence-corrected chi connectivity index (χ1v) is 25.6. The molecule has 0 aromatic carbocycles. The van der Waals surface area contributed by atoms with Crippen LogP contribution in [0.5, 0.6) is 0 Å². The van der Waals surface area contributed by atoms with Gasteiger partial charge >= 0.3 is 27.6 Å². The standard InChI is InChI=1S/C46H78O16P2/c1-3-5-7-8-9-10-11-12-13-14-15-16-17-18-19-24-28-34-45(51)58-38-42(39-61-64(56,57)60-37-41(48)36-59-63(53,54)55)62-46(52)35-29-33-44(50)43(49)32-27-23-21-20-22-26-31-40(47)30-25-6-4-2/h6,9-10,12-13,20-23,25-27,31-32,40-44,47-50H,3-5,7-8,11,14-19,24,28-30,33-39H2,1-2H3,(H,56,57)(H2,53,54,55)/b10-9-,13-12-,22-20+,23-21-,25-6-,31-26+,32-27-/t40-,41-,42+,43+,44+/m0/s1. The van der Waals surface area contributed by atoms with Crippen molar-refractivity contribution in [1.82, 2.24) is 0 Å². The molecule has 0 bridgehead atoms. The lowest BCUT2D eigenvalue weighted by molar-refractivity contribution is -0.161. The molecule has 0 spiro atoms. The summed E-state index contributed by atoms with van der Waals surface area (Å²) in [7, 11) is -9.83. The molecule has 7 N–H and O–H groups in total. The molecule has 0 rings (SSSR count). The minimum atomic E-state index is -4.91. The van der Waals surface area contributed by atoms with Gasteiger partial charge in [-0.25, -0.2) is 9.13 Å². The highest BCUT2D eigenvalue weighted by atomic mass is 31.2. The van der Waals surface area contributed by atoms with Gasteiger partial charge in [0.1, 0.15) is 12.7 Å². The van der Waals surface area contributed by atoms with Gasteiger partial charge in [-0.1, -0.05) is 144 Å². The van der Waals surface area contributed by atoms with E-state index in [1.807, 2.05) is 19.1 Å². The first kappa shape index (κ1) is 61.2. The monoisotopic (exact) mass is 948 g/mol. The fourth-order valence-corrected chi connectivity index (χ4v) is 6.70. The van der Waals surface area contributed by atoms with Crippen LogP contribution in [0, 0.1) is 0 Å². The second kappa shape index (κ2) is 40.5. The number of phosphoric acid groups is 2. The van der Waals surface area contributed by atoms with Crippen LogP contribution in [-0.4, -0.2) is 104 Å². The summed E-state index contributed by atoms with van der Waals surface area (Å²) in [6, 6.07) is 0. The molecule has 368 valence electrons. The molecule has 0 aliphatic rings. The van der Waals surface area contributed by atoms with Crippen molar-refractivity contribution >= 4 is 27.6 Å². The Labute approximate surface area is 381 Å². The zero-order valence-electron chi connectivity index (χ0n) is 37.9. The molecule has 0 aliphatic heterocycles. The molecule has 0 aliphatic carbocycles. The van der Waals surface area contributed by atoms with Gasteiger partial charge in [0.2, 0.25) is 0 Å². The number of carbonyl (C=O) groups is 2. The topological polar surface area (TPSA) is 256 Å². The maximum absolute atomic E-state index is 12.7. The number of aliphatic hydroxyl groups is 4. The molecule has 0 amide bonds. The number of allylic oxidation sites excluding steroid dienone is 11. The molecule has 0 saturated carbocycles. The van der Waals surface area contributed by atoms with Crippen molar-refractivity contribution in [2.24, 2.45) is 0 Å². The quantitative estimate of drug-likeness (QED) is 0.00997. The van der Waals surface area contributed by atoms with E-state index in [-0.39, 0.29) is 25.7 Å². The molecule has 0 aromatic heterocycles. The first-order chi connectivity index (χ1) is 30.6. The zero-order valence-corrected chi connectivity index (χ0v) is 39.7. The van der Waals surface area contributed by atoms with Gasteiger partial charge in [-0.15, -0.1) is 0 Å². The van der Waals surface area contributed by atoms with Crippen LogP contribution in [0.2, 0.25) is 0 Å². The third-order valence-corrected chi connectivity index (χ3v) is 10.5. The summed E-state index contributed by atoms with van der Waals surface area (Å²) in [6.45, 7) is 1.13. The summed E-state index contributed by atoms with van der Waals surface area (Å²) < 4.78 is 47.5. The van der Waals surface area contributed by atoms with Crippen molar-refractivity contribution in [3.8, 4) is 0 Å². The fraction of sp³-hybridized carbons (Fsp3) is 0.652. The Morgan fingerprint density at radius 2 is 1.14 bits per heavy atom. The number of ether oxygens (including phenoxy) is 2. The van der Waals surface area contributed by atoms with Gasteiger partial charge in [-0.05, 0) is 64.2 Å². The summed E-state index contributed by atoms with van der Waals surface area (Å²) in [5, 5.41) is 40.3. The van der Waals surface area contributed by atoms with E-state index in [0.717, 1.165) is 64.2 Å². The van der Waals surface area contributed by atoms with Crippen molar-refractivity contribution in [2.45, 2.75) is 166 Å². The molecular formula is C46H78O16P2. The number of carbonyl (C=O) groups excluding carboxylic acids is 2. The van der Waals surface area contributed by atoms with Crippen molar-refractivity contribution < 1.29 is 76.9 Å². The summed E-state index contributed by atoms with van der Waals surface area (Å²) in [5.41, 5.74) is 0. The Morgan fingerprint density at radius 1 is 0.578 bits per heavy atom. The average Bonchev–Trinajstić information content (AvgIpc) is 3.24. The Balaban J connectivity index is 4.84. The third-order valence-electron chi connectivity index (χ3n) is 9.10. The van der Waals surface area contributed by atoms with E-state index in [2.05, 4.69) is 40.3 Å². The number of aliphatic hydroxyl groups excluding tert-OH is 4. The lowest BCUT2D eigenvalue weighted by Crippen LogP contribution is -2.30. The van der Waals surface area contributed by atoms with E-state index in [4.69, 9.17) is 23.8 Å². The highest BCUT2D eigenvalue weighted by molar-refractivity contribution is 7.47. The minimum absolute atomic E-state index is 0.0173. The highest BCUT2D eigenvalue weighted by Gasteiger charge is 2.28. The van der Waals surface area contributed by atoms with E-state index in [9.17, 15) is 44.0 Å². The summed E-state index contributed by atoms with van der Waals surface area (Å²) in [6.07, 6.45) is 35.1. The van der Waals surface area contributed by atoms with Gasteiger partial charge in [0.15, 0.2) is 6.10 Å². The maximum atomic E-state index is 12.7. The molecule has 0 saturated heterocycles. The second-order valence-electron chi connectivity index (χ2n) is 15.2. The Bertz CT molecular complexity index is 1500. The van der Waals surface area contributed by atoms with Crippen molar-refractivity contribution in [1.29, 1.82) is 0 Å². The molecule has 0 fully saturated rings. The molecule has 0 heterocycles. The first-order valence-electron chi connectivity index (χ1n) is 22.6. The number of rotatable bonds is 41.